The van der Waals surface area contributed by atoms with Gasteiger partial charge in [-0.15, -0.1) is 0 Å². The van der Waals surface area contributed by atoms with E-state index < -0.39 is 6.10 Å². The first-order valence-electron chi connectivity index (χ1n) is 6.59. The van der Waals surface area contributed by atoms with Crippen LogP contribution in [0.1, 0.15) is 22.8 Å². The van der Waals surface area contributed by atoms with Crippen molar-refractivity contribution in [3.63, 3.8) is 0 Å². The molecule has 5 heteroatoms. The number of benzene rings is 2. The quantitative estimate of drug-likeness (QED) is 0.757. The minimum atomic E-state index is -0.664. The molecule has 0 bridgehead atoms. The average Bonchev–Trinajstić information content (AvgIpc) is 2.55. The molecule has 4 nitrogen and oxygen atoms in total. The minimum Gasteiger partial charge on any atom is -0.493 e. The number of nitriles is 1. The fraction of sp³-hybridized carbons (Fsp3) is 0.176. The Morgan fingerprint density at radius 1 is 1.18 bits per heavy atom. The maximum Gasteiger partial charge on any atom is 0.202 e. The molecule has 0 unspecified atom stereocenters. The summed E-state index contributed by atoms with van der Waals surface area (Å²) in [5, 5.41) is 8.89. The van der Waals surface area contributed by atoms with Crippen molar-refractivity contribution in [2.24, 2.45) is 0 Å². The highest BCUT2D eigenvalue weighted by molar-refractivity contribution is 9.10. The highest BCUT2D eigenvalue weighted by Crippen LogP contribution is 2.29. The molecule has 0 aliphatic rings. The van der Waals surface area contributed by atoms with E-state index in [0.717, 1.165) is 4.47 Å². The Kier molecular flexibility index (Phi) is 5.18. The van der Waals surface area contributed by atoms with Gasteiger partial charge in [-0.1, -0.05) is 28.1 Å². The van der Waals surface area contributed by atoms with Gasteiger partial charge in [-0.2, -0.15) is 5.26 Å². The zero-order valence-electron chi connectivity index (χ0n) is 12.2. The SMILES string of the molecule is COc1cc(C#N)ccc1O[C@H](C)C(=O)c1ccc(Br)cc1. The van der Waals surface area contributed by atoms with E-state index in [1.807, 2.05) is 18.2 Å². The number of methoxy groups -OCH3 is 1. The predicted molar refractivity (Wildman–Crippen MR) is 86.3 cm³/mol. The Balaban J connectivity index is 2.18. The highest BCUT2D eigenvalue weighted by atomic mass is 79.9. The number of ketones is 1. The molecule has 112 valence electrons. The van der Waals surface area contributed by atoms with Gasteiger partial charge in [0.1, 0.15) is 0 Å². The fourth-order valence-corrected chi connectivity index (χ4v) is 2.19. The first-order chi connectivity index (χ1) is 10.5. The van der Waals surface area contributed by atoms with Crippen molar-refractivity contribution in [2.75, 3.05) is 7.11 Å². The topological polar surface area (TPSA) is 59.3 Å². The van der Waals surface area contributed by atoms with Gasteiger partial charge in [0, 0.05) is 16.1 Å². The van der Waals surface area contributed by atoms with Crippen LogP contribution in [0.25, 0.3) is 0 Å². The molecule has 0 heterocycles. The lowest BCUT2D eigenvalue weighted by atomic mass is 10.1. The minimum absolute atomic E-state index is 0.126. The number of halogens is 1. The molecular formula is C17H14BrNO3. The molecule has 0 fully saturated rings. The van der Waals surface area contributed by atoms with Crippen molar-refractivity contribution in [1.29, 1.82) is 5.26 Å². The maximum atomic E-state index is 12.3. The van der Waals surface area contributed by atoms with Gasteiger partial charge in [-0.3, -0.25) is 4.79 Å². The standard InChI is InChI=1S/C17H14BrNO3/c1-11(17(20)13-4-6-14(18)7-5-13)22-15-8-3-12(10-19)9-16(15)21-2/h3-9,11H,1-2H3/t11-/m1/s1. The van der Waals surface area contributed by atoms with Crippen LogP contribution < -0.4 is 9.47 Å². The van der Waals surface area contributed by atoms with Gasteiger partial charge in [0.2, 0.25) is 5.78 Å². The maximum absolute atomic E-state index is 12.3. The van der Waals surface area contributed by atoms with Crippen LogP contribution in [0.4, 0.5) is 0 Å². The summed E-state index contributed by atoms with van der Waals surface area (Å²) in [6.45, 7) is 1.68. The highest BCUT2D eigenvalue weighted by Gasteiger charge is 2.18. The van der Waals surface area contributed by atoms with E-state index in [-0.39, 0.29) is 5.78 Å². The van der Waals surface area contributed by atoms with Crippen LogP contribution in [0.5, 0.6) is 11.5 Å². The van der Waals surface area contributed by atoms with E-state index >= 15 is 0 Å². The molecule has 0 aromatic heterocycles. The monoisotopic (exact) mass is 359 g/mol. The summed E-state index contributed by atoms with van der Waals surface area (Å²) in [6, 6.07) is 13.9. The molecular weight excluding hydrogens is 346 g/mol. The molecule has 2 aromatic rings. The van der Waals surface area contributed by atoms with Crippen molar-refractivity contribution < 1.29 is 14.3 Å². The third kappa shape index (κ3) is 3.66. The number of nitrogens with zero attached hydrogens (tertiary/aromatic N) is 1. The number of rotatable bonds is 5. The Labute approximate surface area is 137 Å². The number of hydrogen-bond donors (Lipinski definition) is 0. The fourth-order valence-electron chi connectivity index (χ4n) is 1.93. The van der Waals surface area contributed by atoms with Gasteiger partial charge in [0.15, 0.2) is 17.6 Å². The van der Waals surface area contributed by atoms with Crippen molar-refractivity contribution in [3.05, 3.63) is 58.1 Å². The lowest BCUT2D eigenvalue weighted by molar-refractivity contribution is 0.0814. The van der Waals surface area contributed by atoms with Crippen LogP contribution in [-0.2, 0) is 0 Å². The van der Waals surface area contributed by atoms with Crippen LogP contribution in [-0.4, -0.2) is 19.0 Å². The zero-order valence-corrected chi connectivity index (χ0v) is 13.8. The zero-order chi connectivity index (χ0) is 16.1. The number of carbonyl (C=O) groups is 1. The summed E-state index contributed by atoms with van der Waals surface area (Å²) >= 11 is 3.33. The lowest BCUT2D eigenvalue weighted by Crippen LogP contribution is -2.24. The van der Waals surface area contributed by atoms with Crippen LogP contribution in [0.3, 0.4) is 0 Å². The first kappa shape index (κ1) is 16.1. The molecule has 0 aliphatic carbocycles. The Hall–Kier alpha value is -2.32. The van der Waals surface area contributed by atoms with E-state index in [9.17, 15) is 4.79 Å². The van der Waals surface area contributed by atoms with Crippen molar-refractivity contribution in [3.8, 4) is 17.6 Å². The van der Waals surface area contributed by atoms with Gasteiger partial charge in [0.05, 0.1) is 18.7 Å². The Morgan fingerprint density at radius 2 is 1.86 bits per heavy atom. The van der Waals surface area contributed by atoms with Crippen molar-refractivity contribution in [2.45, 2.75) is 13.0 Å². The second-order valence-electron chi connectivity index (χ2n) is 4.61. The third-order valence-corrected chi connectivity index (χ3v) is 3.62. The van der Waals surface area contributed by atoms with E-state index in [1.165, 1.54) is 7.11 Å². The van der Waals surface area contributed by atoms with Gasteiger partial charge < -0.3 is 9.47 Å². The molecule has 0 spiro atoms. The summed E-state index contributed by atoms with van der Waals surface area (Å²) in [7, 11) is 1.49. The molecule has 0 aliphatic heterocycles. The second kappa shape index (κ2) is 7.10. The normalized spacial score (nSPS) is 11.4. The first-order valence-corrected chi connectivity index (χ1v) is 7.39. The molecule has 0 amide bonds. The van der Waals surface area contributed by atoms with Crippen LogP contribution in [0, 0.1) is 11.3 Å². The van der Waals surface area contributed by atoms with Gasteiger partial charge in [-0.25, -0.2) is 0 Å². The average molecular weight is 360 g/mol. The Morgan fingerprint density at radius 3 is 2.45 bits per heavy atom. The molecule has 0 radical (unpaired) electrons. The molecule has 1 atom stereocenters. The van der Waals surface area contributed by atoms with Gasteiger partial charge in [-0.05, 0) is 31.2 Å². The summed E-state index contributed by atoms with van der Waals surface area (Å²) in [5.41, 5.74) is 1.04. The Bertz CT molecular complexity index is 720. The summed E-state index contributed by atoms with van der Waals surface area (Å²) in [4.78, 5) is 12.3. The molecule has 0 saturated heterocycles. The summed E-state index contributed by atoms with van der Waals surface area (Å²) < 4.78 is 11.8. The number of Topliss-reactive ketones (excluding diaryl/α,β-unsaturated/α-hetero) is 1. The van der Waals surface area contributed by atoms with Crippen LogP contribution >= 0.6 is 15.9 Å². The van der Waals surface area contributed by atoms with E-state index in [0.29, 0.717) is 22.6 Å². The largest absolute Gasteiger partial charge is 0.493 e. The van der Waals surface area contributed by atoms with Crippen LogP contribution in [0.15, 0.2) is 46.9 Å². The molecule has 2 rings (SSSR count). The molecule has 0 N–H and O–H groups in total. The van der Waals surface area contributed by atoms with E-state index in [1.54, 1.807) is 37.3 Å². The smallest absolute Gasteiger partial charge is 0.202 e. The van der Waals surface area contributed by atoms with Gasteiger partial charge >= 0.3 is 0 Å². The summed E-state index contributed by atoms with van der Waals surface area (Å²) in [6.07, 6.45) is -0.664. The van der Waals surface area contributed by atoms with Crippen LogP contribution in [0.2, 0.25) is 0 Å². The molecule has 0 saturated carbocycles. The van der Waals surface area contributed by atoms with Crippen molar-refractivity contribution in [1.82, 2.24) is 0 Å². The van der Waals surface area contributed by atoms with Gasteiger partial charge in [0.25, 0.3) is 0 Å². The number of ether oxygens (including phenoxy) is 2. The summed E-state index contributed by atoms with van der Waals surface area (Å²) in [5.74, 6) is 0.730. The van der Waals surface area contributed by atoms with E-state index in [4.69, 9.17) is 14.7 Å². The predicted octanol–water partition coefficient (Wildman–Crippen LogP) is 3.98. The number of carbonyl (C=O) groups excluding carboxylic acids is 1. The molecule has 2 aromatic carbocycles. The lowest BCUT2D eigenvalue weighted by Gasteiger charge is -2.16. The number of hydrogen-bond acceptors (Lipinski definition) is 4. The second-order valence-corrected chi connectivity index (χ2v) is 5.52. The van der Waals surface area contributed by atoms with Crippen molar-refractivity contribution >= 4 is 21.7 Å². The molecule has 22 heavy (non-hydrogen) atoms. The van der Waals surface area contributed by atoms with E-state index in [2.05, 4.69) is 15.9 Å². The third-order valence-electron chi connectivity index (χ3n) is 3.09.